The predicted molar refractivity (Wildman–Crippen MR) is 36.1 cm³/mol. The molecule has 0 unspecified atom stereocenters. The predicted octanol–water partition coefficient (Wildman–Crippen LogP) is -1.49. The van der Waals surface area contributed by atoms with Crippen LogP contribution in [0.3, 0.4) is 0 Å². The van der Waals surface area contributed by atoms with E-state index >= 15 is 0 Å². The normalized spacial score (nSPS) is 8.50. The van der Waals surface area contributed by atoms with Gasteiger partial charge < -0.3 is 4.43 Å². The zero-order chi connectivity index (χ0) is 4.28. The van der Waals surface area contributed by atoms with E-state index in [1.807, 2.05) is 13.8 Å². The Balaban J connectivity index is 0. The van der Waals surface area contributed by atoms with Crippen molar-refractivity contribution in [3.63, 3.8) is 0 Å². The van der Waals surface area contributed by atoms with Crippen LogP contribution in [0.15, 0.2) is 0 Å². The second kappa shape index (κ2) is 5.71. The van der Waals surface area contributed by atoms with E-state index in [4.69, 9.17) is 4.43 Å². The number of rotatable bonds is 1. The molecule has 3 heteroatoms. The van der Waals surface area contributed by atoms with Crippen molar-refractivity contribution >= 4 is 27.8 Å². The highest BCUT2D eigenvalue weighted by molar-refractivity contribution is 5.98. The van der Waals surface area contributed by atoms with Crippen molar-refractivity contribution in [3.05, 3.63) is 0 Å². The average Bonchev–Trinajstić information content (AvgIpc) is 1.38. The van der Waals surface area contributed by atoms with Gasteiger partial charge in [-0.05, 0) is 13.8 Å². The van der Waals surface area contributed by atoms with Crippen LogP contribution in [0.1, 0.15) is 13.8 Å². The van der Waals surface area contributed by atoms with Gasteiger partial charge in [0, 0.05) is 6.10 Å². The van der Waals surface area contributed by atoms with E-state index in [0.29, 0.717) is 6.10 Å². The van der Waals surface area contributed by atoms with Crippen LogP contribution in [0.5, 0.6) is 0 Å². The van der Waals surface area contributed by atoms with Crippen molar-refractivity contribution in [3.8, 4) is 0 Å². The third-order valence-corrected chi connectivity index (χ3v) is 1.41. The molecule has 0 atom stereocenters. The highest BCUT2D eigenvalue weighted by atomic mass is 28.2. The van der Waals surface area contributed by atoms with Crippen molar-refractivity contribution in [2.45, 2.75) is 20.0 Å². The molecule has 0 heterocycles. The Morgan fingerprint density at radius 3 is 1.67 bits per heavy atom. The van der Waals surface area contributed by atoms with Crippen LogP contribution in [0.2, 0.25) is 0 Å². The summed E-state index contributed by atoms with van der Waals surface area (Å²) in [6.07, 6.45) is 0.446. The summed E-state index contributed by atoms with van der Waals surface area (Å²) in [6.45, 7) is 4.07. The van der Waals surface area contributed by atoms with Gasteiger partial charge in [0.05, 0.1) is 0 Å². The second-order valence-electron chi connectivity index (χ2n) is 1.28. The monoisotopic (exact) mass is 120 g/mol. The molecule has 0 bridgehead atoms. The summed E-state index contributed by atoms with van der Waals surface area (Å²) in [5, 5.41) is 0. The van der Waals surface area contributed by atoms with Gasteiger partial charge in [-0.15, -0.1) is 0 Å². The van der Waals surface area contributed by atoms with Crippen molar-refractivity contribution < 1.29 is 4.43 Å². The third-order valence-electron chi connectivity index (χ3n) is 0.471. The lowest BCUT2D eigenvalue weighted by molar-refractivity contribution is 0.267. The molecule has 0 saturated carbocycles. The summed E-state index contributed by atoms with van der Waals surface area (Å²) in [5.41, 5.74) is 0. The maximum atomic E-state index is 4.89. The van der Waals surface area contributed by atoms with Crippen LogP contribution in [0.4, 0.5) is 0 Å². The first-order valence-electron chi connectivity index (χ1n) is 1.80. The second-order valence-corrected chi connectivity index (χ2v) is 1.76. The first kappa shape index (κ1) is 9.86. The average molecular weight is 120 g/mol. The molecule has 0 N–H and O–H groups in total. The molecule has 1 nitrogen and oxygen atoms in total. The maximum absolute atomic E-state index is 4.89. The molecule has 0 saturated heterocycles. The first-order valence-corrected chi connectivity index (χ1v) is 2.62. The summed E-state index contributed by atoms with van der Waals surface area (Å²) >= 11 is 0. The molecule has 0 fully saturated rings. The van der Waals surface area contributed by atoms with Crippen LogP contribution in [-0.2, 0) is 4.43 Å². The quantitative estimate of drug-likeness (QED) is 0.383. The molecule has 0 rings (SSSR count). The van der Waals surface area contributed by atoms with E-state index in [1.54, 1.807) is 0 Å². The van der Waals surface area contributed by atoms with Crippen molar-refractivity contribution in [2.75, 3.05) is 0 Å². The maximum Gasteiger partial charge on any atom is 0.187 e. The fourth-order valence-electron chi connectivity index (χ4n) is 0. The molecule has 0 aliphatic rings. The molecule has 0 amide bonds. The smallest absolute Gasteiger partial charge is 0.187 e. The molecule has 0 radical (unpaired) electrons. The minimum absolute atomic E-state index is 0. The van der Waals surface area contributed by atoms with Crippen LogP contribution in [0, 0.1) is 0 Å². The van der Waals surface area contributed by atoms with Crippen molar-refractivity contribution in [2.24, 2.45) is 0 Å². The Kier molecular flexibility index (Phi) is 9.38. The molecule has 6 heavy (non-hydrogen) atoms. The lowest BCUT2D eigenvalue weighted by atomic mass is 10.5. The molecule has 0 aliphatic carbocycles. The summed E-state index contributed by atoms with van der Waals surface area (Å²) in [4.78, 5) is 0. The van der Waals surface area contributed by atoms with E-state index in [-0.39, 0.29) is 17.4 Å². The largest absolute Gasteiger partial charge is 0.426 e. The van der Waals surface area contributed by atoms with Gasteiger partial charge in [0.2, 0.25) is 0 Å². The zero-order valence-corrected chi connectivity index (χ0v) is 5.99. The van der Waals surface area contributed by atoms with Gasteiger partial charge in [0.1, 0.15) is 10.5 Å². The van der Waals surface area contributed by atoms with Crippen molar-refractivity contribution in [1.29, 1.82) is 0 Å². The summed E-state index contributed by atoms with van der Waals surface area (Å²) in [7, 11) is 0.873. The standard InChI is InChI=1S/C3H10OSi.Al.3H/c1-3(2)4-5;;;;/h3H,1-2,5H3;;;;. The minimum Gasteiger partial charge on any atom is -0.426 e. The number of hydrogen-bond acceptors (Lipinski definition) is 1. The summed E-state index contributed by atoms with van der Waals surface area (Å²) < 4.78 is 4.89. The Labute approximate surface area is 52.8 Å². The highest BCUT2D eigenvalue weighted by Crippen LogP contribution is 1.76. The Hall–Kier alpha value is 0.709. The molecular weight excluding hydrogens is 107 g/mol. The van der Waals surface area contributed by atoms with E-state index in [9.17, 15) is 0 Å². The van der Waals surface area contributed by atoms with Crippen LogP contribution < -0.4 is 0 Å². The van der Waals surface area contributed by atoms with Crippen LogP contribution in [-0.4, -0.2) is 34.0 Å². The van der Waals surface area contributed by atoms with Gasteiger partial charge in [-0.3, -0.25) is 0 Å². The zero-order valence-electron chi connectivity index (χ0n) is 3.99. The Bertz CT molecular complexity index is 24.8. The van der Waals surface area contributed by atoms with E-state index in [2.05, 4.69) is 0 Å². The van der Waals surface area contributed by atoms with Crippen LogP contribution >= 0.6 is 0 Å². The fraction of sp³-hybridized carbons (Fsp3) is 1.00. The summed E-state index contributed by atoms with van der Waals surface area (Å²) in [6, 6.07) is 0. The Morgan fingerprint density at radius 2 is 1.67 bits per heavy atom. The van der Waals surface area contributed by atoms with Gasteiger partial charge in [-0.25, -0.2) is 0 Å². The molecule has 0 aromatic heterocycles. The SMILES string of the molecule is CC(C)O[SiH3].[AlH3]. The third kappa shape index (κ3) is 8.83. The molecule has 0 spiro atoms. The van der Waals surface area contributed by atoms with Gasteiger partial charge in [-0.2, -0.15) is 0 Å². The Morgan fingerprint density at radius 1 is 1.50 bits per heavy atom. The fourth-order valence-corrected chi connectivity index (χ4v) is 0. The lowest BCUT2D eigenvalue weighted by Crippen LogP contribution is -1.95. The van der Waals surface area contributed by atoms with E-state index in [0.717, 1.165) is 10.5 Å². The van der Waals surface area contributed by atoms with Gasteiger partial charge in [-0.1, -0.05) is 0 Å². The van der Waals surface area contributed by atoms with Gasteiger partial charge in [0.15, 0.2) is 17.4 Å². The molecule has 0 aromatic rings. The minimum atomic E-state index is 0. The van der Waals surface area contributed by atoms with Gasteiger partial charge in [0.25, 0.3) is 0 Å². The van der Waals surface area contributed by atoms with Gasteiger partial charge >= 0.3 is 0 Å². The topological polar surface area (TPSA) is 9.23 Å². The molecule has 0 aromatic carbocycles. The van der Waals surface area contributed by atoms with Crippen molar-refractivity contribution in [1.82, 2.24) is 0 Å². The molecular formula is C3H13AlOSi. The van der Waals surface area contributed by atoms with E-state index in [1.165, 1.54) is 0 Å². The highest BCUT2D eigenvalue weighted by Gasteiger charge is 1.77. The molecule has 0 aliphatic heterocycles. The summed E-state index contributed by atoms with van der Waals surface area (Å²) in [5.74, 6) is 0. The number of hydrogen-bond donors (Lipinski definition) is 0. The lowest BCUT2D eigenvalue weighted by Gasteiger charge is -1.95. The first-order chi connectivity index (χ1) is 2.27. The molecule has 38 valence electrons. The van der Waals surface area contributed by atoms with E-state index < -0.39 is 0 Å². The van der Waals surface area contributed by atoms with Crippen LogP contribution in [0.25, 0.3) is 0 Å².